The Balaban J connectivity index is 0.000000450. The van der Waals surface area contributed by atoms with Gasteiger partial charge in [-0.3, -0.25) is 14.4 Å². The van der Waals surface area contributed by atoms with Gasteiger partial charge in [-0.2, -0.15) is 5.26 Å². The van der Waals surface area contributed by atoms with E-state index in [2.05, 4.69) is 29.4 Å². The molecule has 0 fully saturated rings. The topological polar surface area (TPSA) is 142 Å². The molecule has 0 saturated heterocycles. The lowest BCUT2D eigenvalue weighted by Gasteiger charge is -2.06. The molecular formula is C36H54N2O7. The number of carbonyl (C=O) groups excluding carboxylic acids is 3. The van der Waals surface area contributed by atoms with E-state index in [-0.39, 0.29) is 24.7 Å². The second-order valence-electron chi connectivity index (χ2n) is 11.4. The van der Waals surface area contributed by atoms with Crippen molar-refractivity contribution in [3.8, 4) is 0 Å². The molecule has 2 amide bonds. The largest absolute Gasteiger partial charge is 0.481 e. The molecule has 0 aliphatic carbocycles. The highest BCUT2D eigenvalue weighted by atomic mass is 17.1. The molecular weight excluding hydrogens is 572 g/mol. The number of amides is 2. The minimum absolute atomic E-state index is 0.00274. The Labute approximate surface area is 269 Å². The van der Waals surface area contributed by atoms with Gasteiger partial charge in [-0.25, -0.2) is 4.79 Å². The number of benzene rings is 2. The Morgan fingerprint density at radius 3 is 1.27 bits per heavy atom. The number of carboxylic acids is 1. The number of aliphatic carboxylic acids is 1. The molecule has 0 aliphatic heterocycles. The van der Waals surface area contributed by atoms with E-state index in [1.165, 1.54) is 64.2 Å². The molecule has 2 aromatic carbocycles. The Hall–Kier alpha value is -3.72. The van der Waals surface area contributed by atoms with Gasteiger partial charge >= 0.3 is 11.9 Å². The fourth-order valence-electron chi connectivity index (χ4n) is 4.72. The Morgan fingerprint density at radius 1 is 0.556 bits per heavy atom. The molecule has 0 atom stereocenters. The van der Waals surface area contributed by atoms with Crippen LogP contribution in [0.15, 0.2) is 48.5 Å². The Kier molecular flexibility index (Phi) is 22.4. The minimum atomic E-state index is -0.851. The molecule has 45 heavy (non-hydrogen) atoms. The summed E-state index contributed by atoms with van der Waals surface area (Å²) in [6, 6.07) is 13.9. The highest BCUT2D eigenvalue weighted by Gasteiger charge is 2.07. The monoisotopic (exact) mass is 626 g/mol. The molecule has 0 unspecified atom stereocenters. The lowest BCUT2D eigenvalue weighted by Crippen LogP contribution is -2.11. The van der Waals surface area contributed by atoms with Gasteiger partial charge in [0, 0.05) is 24.2 Å². The van der Waals surface area contributed by atoms with Crippen LogP contribution in [0.5, 0.6) is 0 Å². The standard InChI is InChI=1S/C18H27NO4.C18H27NO3/c1-2-3-4-5-6-7-8-9-17(20)19-16-12-10-15(11-13-16)14-18(21)23-22;1-2-3-4-5-6-7-8-9-17(20)19-16-12-10-15(11-13-16)14-18(21)22/h10-13,22H,2-9,14H2,1H3,(H,19,20);10-13H,2-9,14H2,1H3,(H,19,20)(H,21,22). The molecule has 4 N–H and O–H groups in total. The van der Waals surface area contributed by atoms with Crippen molar-refractivity contribution in [2.24, 2.45) is 0 Å². The highest BCUT2D eigenvalue weighted by molar-refractivity contribution is 5.91. The number of nitrogens with one attached hydrogen (secondary N) is 2. The van der Waals surface area contributed by atoms with Crippen molar-refractivity contribution in [1.82, 2.24) is 0 Å². The van der Waals surface area contributed by atoms with Gasteiger partial charge < -0.3 is 20.6 Å². The van der Waals surface area contributed by atoms with Crippen LogP contribution < -0.4 is 10.6 Å². The van der Waals surface area contributed by atoms with Gasteiger partial charge in [-0.15, -0.1) is 0 Å². The summed E-state index contributed by atoms with van der Waals surface area (Å²) in [7, 11) is 0. The van der Waals surface area contributed by atoms with Gasteiger partial charge in [0.1, 0.15) is 0 Å². The summed E-state index contributed by atoms with van der Waals surface area (Å²) >= 11 is 0. The summed E-state index contributed by atoms with van der Waals surface area (Å²) in [6.07, 6.45) is 17.8. The summed E-state index contributed by atoms with van der Waals surface area (Å²) < 4.78 is 0. The van der Waals surface area contributed by atoms with Gasteiger partial charge in [0.2, 0.25) is 11.8 Å². The van der Waals surface area contributed by atoms with Crippen LogP contribution >= 0.6 is 0 Å². The van der Waals surface area contributed by atoms with E-state index in [9.17, 15) is 19.2 Å². The summed E-state index contributed by atoms with van der Waals surface area (Å²) in [5, 5.41) is 22.6. The molecule has 0 bridgehead atoms. The first kappa shape index (κ1) is 39.3. The zero-order valence-corrected chi connectivity index (χ0v) is 27.3. The lowest BCUT2D eigenvalue weighted by molar-refractivity contribution is -0.233. The number of rotatable bonds is 22. The Bertz CT molecular complexity index is 1100. The fourth-order valence-corrected chi connectivity index (χ4v) is 4.72. The van der Waals surface area contributed by atoms with Crippen LogP contribution in [0.1, 0.15) is 128 Å². The predicted molar refractivity (Wildman–Crippen MR) is 179 cm³/mol. The maximum absolute atomic E-state index is 11.8. The minimum Gasteiger partial charge on any atom is -0.481 e. The number of unbranched alkanes of at least 4 members (excludes halogenated alkanes) is 12. The fraction of sp³-hybridized carbons (Fsp3) is 0.556. The van der Waals surface area contributed by atoms with Crippen LogP contribution in [0.2, 0.25) is 0 Å². The third-order valence-corrected chi connectivity index (χ3v) is 7.30. The average molecular weight is 627 g/mol. The molecule has 0 aromatic heterocycles. The van der Waals surface area contributed by atoms with E-state index in [0.29, 0.717) is 24.1 Å². The van der Waals surface area contributed by atoms with E-state index in [1.807, 2.05) is 0 Å². The Morgan fingerprint density at radius 2 is 0.911 bits per heavy atom. The molecule has 0 saturated carbocycles. The van der Waals surface area contributed by atoms with E-state index >= 15 is 0 Å². The molecule has 2 rings (SSSR count). The van der Waals surface area contributed by atoms with Crippen molar-refractivity contribution in [1.29, 1.82) is 0 Å². The van der Waals surface area contributed by atoms with Crippen molar-refractivity contribution in [3.05, 3.63) is 59.7 Å². The lowest BCUT2D eigenvalue weighted by atomic mass is 10.1. The first-order valence-electron chi connectivity index (χ1n) is 16.6. The number of carbonyl (C=O) groups is 4. The van der Waals surface area contributed by atoms with Crippen LogP contribution in [0.3, 0.4) is 0 Å². The molecule has 0 spiro atoms. The molecule has 250 valence electrons. The molecule has 0 radical (unpaired) electrons. The molecule has 9 heteroatoms. The van der Waals surface area contributed by atoms with Crippen LogP contribution in [0.25, 0.3) is 0 Å². The predicted octanol–water partition coefficient (Wildman–Crippen LogP) is 8.72. The van der Waals surface area contributed by atoms with E-state index in [4.69, 9.17) is 10.4 Å². The SMILES string of the molecule is CCCCCCCCCC(=O)Nc1ccc(CC(=O)O)cc1.CCCCCCCCCC(=O)Nc1ccc(CC(=O)OO)cc1. The van der Waals surface area contributed by atoms with Crippen LogP contribution in [0, 0.1) is 0 Å². The van der Waals surface area contributed by atoms with Gasteiger partial charge in [-0.1, -0.05) is 115 Å². The van der Waals surface area contributed by atoms with Gasteiger partial charge in [0.05, 0.1) is 12.8 Å². The number of carboxylic acid groups (broad SMARTS) is 1. The van der Waals surface area contributed by atoms with Crippen LogP contribution in [-0.2, 0) is 36.9 Å². The number of anilines is 2. The van der Waals surface area contributed by atoms with Gasteiger partial charge in [0.25, 0.3) is 0 Å². The zero-order valence-electron chi connectivity index (χ0n) is 27.3. The molecule has 0 heterocycles. The van der Waals surface area contributed by atoms with Crippen molar-refractivity contribution >= 4 is 35.1 Å². The van der Waals surface area contributed by atoms with Crippen molar-refractivity contribution < 1.29 is 34.4 Å². The smallest absolute Gasteiger partial charge is 0.346 e. The third kappa shape index (κ3) is 21.6. The summed E-state index contributed by atoms with van der Waals surface area (Å²) in [5.74, 6) is -1.52. The molecule has 0 aliphatic rings. The molecule has 9 nitrogen and oxygen atoms in total. The summed E-state index contributed by atoms with van der Waals surface area (Å²) in [5.41, 5.74) is 2.88. The summed E-state index contributed by atoms with van der Waals surface area (Å²) in [6.45, 7) is 4.41. The number of hydrogen-bond donors (Lipinski definition) is 4. The van der Waals surface area contributed by atoms with Gasteiger partial charge in [-0.05, 0) is 48.2 Å². The summed E-state index contributed by atoms with van der Waals surface area (Å²) in [4.78, 5) is 48.8. The van der Waals surface area contributed by atoms with Crippen molar-refractivity contribution in [2.75, 3.05) is 10.6 Å². The van der Waals surface area contributed by atoms with Crippen molar-refractivity contribution in [2.45, 2.75) is 129 Å². The normalized spacial score (nSPS) is 10.4. The second-order valence-corrected chi connectivity index (χ2v) is 11.4. The van der Waals surface area contributed by atoms with E-state index < -0.39 is 11.9 Å². The third-order valence-electron chi connectivity index (χ3n) is 7.30. The first-order valence-corrected chi connectivity index (χ1v) is 16.6. The maximum Gasteiger partial charge on any atom is 0.346 e. The maximum atomic E-state index is 11.8. The number of hydrogen-bond acceptors (Lipinski definition) is 6. The van der Waals surface area contributed by atoms with Crippen LogP contribution in [0.4, 0.5) is 11.4 Å². The second kappa shape index (κ2) is 25.6. The van der Waals surface area contributed by atoms with Gasteiger partial charge in [0.15, 0.2) is 0 Å². The average Bonchev–Trinajstić information content (AvgIpc) is 3.02. The highest BCUT2D eigenvalue weighted by Crippen LogP contribution is 2.14. The quantitative estimate of drug-likeness (QED) is 0.0581. The van der Waals surface area contributed by atoms with Crippen LogP contribution in [-0.4, -0.2) is 34.1 Å². The van der Waals surface area contributed by atoms with Crippen molar-refractivity contribution in [3.63, 3.8) is 0 Å². The molecule has 2 aromatic rings. The first-order chi connectivity index (χ1) is 21.8. The zero-order chi connectivity index (χ0) is 33.1. The van der Waals surface area contributed by atoms with E-state index in [1.54, 1.807) is 48.5 Å². The van der Waals surface area contributed by atoms with E-state index in [0.717, 1.165) is 36.9 Å².